The molecule has 168 valence electrons. The molecule has 2 aliphatic rings. The second kappa shape index (κ2) is 9.18. The number of carbonyl (C=O) groups excluding carboxylic acids is 2. The van der Waals surface area contributed by atoms with Crippen molar-refractivity contribution in [3.8, 4) is 11.5 Å². The highest BCUT2D eigenvalue weighted by Gasteiger charge is 2.47. The molecule has 0 fully saturated rings. The van der Waals surface area contributed by atoms with E-state index in [-0.39, 0.29) is 29.6 Å². The maximum Gasteiger partial charge on any atom is 0.316 e. The van der Waals surface area contributed by atoms with Crippen LogP contribution in [0.2, 0.25) is 0 Å². The number of benzene rings is 1. The summed E-state index contributed by atoms with van der Waals surface area (Å²) in [6, 6.07) is 6.52. The number of hydrogen-bond acceptors (Lipinski definition) is 7. The first-order chi connectivity index (χ1) is 15.5. The Morgan fingerprint density at radius 1 is 1.38 bits per heavy atom. The lowest BCUT2D eigenvalue weighted by molar-refractivity contribution is -0.149. The number of nitrogens with zero attached hydrogens (tertiary/aromatic N) is 1. The van der Waals surface area contributed by atoms with Crippen molar-refractivity contribution in [2.24, 2.45) is 0 Å². The van der Waals surface area contributed by atoms with Gasteiger partial charge in [-0.05, 0) is 41.1 Å². The number of fused-ring (bicyclic) bond motifs is 2. The lowest BCUT2D eigenvalue weighted by Gasteiger charge is -2.39. The van der Waals surface area contributed by atoms with Gasteiger partial charge in [-0.3, -0.25) is 9.59 Å². The second-order valence-electron chi connectivity index (χ2n) is 7.64. The lowest BCUT2D eigenvalue weighted by Crippen LogP contribution is -2.50. The van der Waals surface area contributed by atoms with Crippen molar-refractivity contribution in [2.45, 2.75) is 24.5 Å². The van der Waals surface area contributed by atoms with Gasteiger partial charge in [-0.2, -0.15) is 0 Å². The van der Waals surface area contributed by atoms with Gasteiger partial charge >= 0.3 is 5.97 Å². The average Bonchev–Trinajstić information content (AvgIpc) is 3.32. The third-order valence-corrected chi connectivity index (χ3v) is 6.90. The van der Waals surface area contributed by atoms with E-state index in [1.807, 2.05) is 23.6 Å². The Morgan fingerprint density at radius 2 is 2.19 bits per heavy atom. The molecule has 0 saturated heterocycles. The summed E-state index contributed by atoms with van der Waals surface area (Å²) in [5, 5.41) is 12.4. The predicted octanol–water partition coefficient (Wildman–Crippen LogP) is 3.60. The summed E-state index contributed by atoms with van der Waals surface area (Å²) in [6.45, 7) is 4.02. The minimum absolute atomic E-state index is 0.0336. The van der Waals surface area contributed by atoms with Crippen molar-refractivity contribution in [3.05, 3.63) is 64.4 Å². The van der Waals surface area contributed by atoms with Crippen LogP contribution in [0.4, 0.5) is 0 Å². The number of methoxy groups -OCH3 is 2. The molecule has 32 heavy (non-hydrogen) atoms. The van der Waals surface area contributed by atoms with Crippen LogP contribution in [0.3, 0.4) is 0 Å². The van der Waals surface area contributed by atoms with Crippen LogP contribution in [0, 0.1) is 0 Å². The maximum absolute atomic E-state index is 13.6. The number of hydrogen-bond donors (Lipinski definition) is 1. The molecule has 0 aliphatic carbocycles. The molecule has 1 aromatic carbocycles. The Balaban J connectivity index is 1.85. The fraction of sp³-hybridized carbons (Fsp3) is 0.333. The van der Waals surface area contributed by atoms with Crippen LogP contribution in [0.5, 0.6) is 11.5 Å². The van der Waals surface area contributed by atoms with Crippen LogP contribution in [-0.4, -0.2) is 61.4 Å². The topological polar surface area (TPSA) is 85.3 Å². The Bertz CT molecular complexity index is 1060. The van der Waals surface area contributed by atoms with E-state index in [1.165, 1.54) is 32.4 Å². The standard InChI is InChI=1S/C24H25NO6S/c1-4-9-31-24(28)21-15-12-18(26)19(29-2)13-16(15)23(27)25-8-7-14(20-6-5-10-32-20)11-17(25)22(21)30-3/h4-7,10,12-13,17,21-22,26H,1,8-9,11H2,2-3H3/t17-,21?,22?/m0/s1. The number of esters is 1. The van der Waals surface area contributed by atoms with Gasteiger partial charge in [-0.15, -0.1) is 11.3 Å². The van der Waals surface area contributed by atoms with Crippen molar-refractivity contribution in [3.63, 3.8) is 0 Å². The van der Waals surface area contributed by atoms with Gasteiger partial charge in [0.1, 0.15) is 12.5 Å². The van der Waals surface area contributed by atoms with Gasteiger partial charge in [-0.1, -0.05) is 24.8 Å². The highest BCUT2D eigenvalue weighted by atomic mass is 32.1. The number of carbonyl (C=O) groups is 2. The molecule has 1 aromatic heterocycles. The summed E-state index contributed by atoms with van der Waals surface area (Å²) in [7, 11) is 2.94. The van der Waals surface area contributed by atoms with Crippen molar-refractivity contribution >= 4 is 28.8 Å². The number of phenolic OH excluding ortho intramolecular Hbond substituents is 1. The van der Waals surface area contributed by atoms with E-state index in [0.29, 0.717) is 18.5 Å². The molecule has 2 unspecified atom stereocenters. The van der Waals surface area contributed by atoms with Crippen molar-refractivity contribution in [1.29, 1.82) is 0 Å². The SMILES string of the molecule is C=CCOC(=O)C1c2cc(O)c(OC)cc2C(=O)N2CC=C(c3cccs3)C[C@H]2C1OC. The number of thiophene rings is 1. The Morgan fingerprint density at radius 3 is 2.84 bits per heavy atom. The molecule has 1 amide bonds. The van der Waals surface area contributed by atoms with Gasteiger partial charge in [0.15, 0.2) is 11.5 Å². The molecule has 0 bridgehead atoms. The lowest BCUT2D eigenvalue weighted by atomic mass is 9.84. The Kier molecular flexibility index (Phi) is 6.34. The maximum atomic E-state index is 13.6. The van der Waals surface area contributed by atoms with Gasteiger partial charge in [0, 0.05) is 24.1 Å². The van der Waals surface area contributed by atoms with Crippen molar-refractivity contribution in [2.75, 3.05) is 27.4 Å². The van der Waals surface area contributed by atoms with Gasteiger partial charge in [0.25, 0.3) is 5.91 Å². The summed E-state index contributed by atoms with van der Waals surface area (Å²) in [4.78, 5) is 29.7. The summed E-state index contributed by atoms with van der Waals surface area (Å²) in [6.07, 6.45) is 3.39. The van der Waals surface area contributed by atoms with E-state index in [0.717, 1.165) is 10.5 Å². The molecule has 7 nitrogen and oxygen atoms in total. The zero-order chi connectivity index (χ0) is 22.8. The zero-order valence-electron chi connectivity index (χ0n) is 17.9. The summed E-state index contributed by atoms with van der Waals surface area (Å²) < 4.78 is 16.5. The predicted molar refractivity (Wildman–Crippen MR) is 121 cm³/mol. The highest BCUT2D eigenvalue weighted by Crippen LogP contribution is 2.43. The largest absolute Gasteiger partial charge is 0.504 e. The highest BCUT2D eigenvalue weighted by molar-refractivity contribution is 7.11. The number of rotatable bonds is 6. The second-order valence-corrected chi connectivity index (χ2v) is 8.59. The molecule has 3 atom stereocenters. The zero-order valence-corrected chi connectivity index (χ0v) is 18.8. The van der Waals surface area contributed by atoms with Crippen LogP contribution >= 0.6 is 11.3 Å². The molecular weight excluding hydrogens is 430 g/mol. The number of ether oxygens (including phenoxy) is 3. The number of amides is 1. The van der Waals surface area contributed by atoms with E-state index in [4.69, 9.17) is 14.2 Å². The van der Waals surface area contributed by atoms with Crippen molar-refractivity contribution in [1.82, 2.24) is 4.90 Å². The van der Waals surface area contributed by atoms with Crippen LogP contribution in [0.15, 0.2) is 48.4 Å². The minimum atomic E-state index is -0.909. The summed E-state index contributed by atoms with van der Waals surface area (Å²) in [5.41, 5.74) is 1.76. The first kappa shape index (κ1) is 22.1. The van der Waals surface area contributed by atoms with Crippen LogP contribution in [0.25, 0.3) is 5.57 Å². The fourth-order valence-corrected chi connectivity index (χ4v) is 5.26. The van der Waals surface area contributed by atoms with Crippen molar-refractivity contribution < 1.29 is 28.9 Å². The molecule has 0 radical (unpaired) electrons. The molecule has 8 heteroatoms. The van der Waals surface area contributed by atoms with E-state index in [2.05, 4.69) is 6.58 Å². The smallest absolute Gasteiger partial charge is 0.316 e. The van der Waals surface area contributed by atoms with E-state index in [1.54, 1.807) is 16.2 Å². The Labute approximate surface area is 190 Å². The third kappa shape index (κ3) is 3.80. The number of aromatic hydroxyl groups is 1. The van der Waals surface area contributed by atoms with Crippen LogP contribution in [0.1, 0.15) is 33.1 Å². The van der Waals surface area contributed by atoms with E-state index < -0.39 is 24.0 Å². The van der Waals surface area contributed by atoms with Crippen LogP contribution in [-0.2, 0) is 14.3 Å². The van der Waals surface area contributed by atoms with Gasteiger partial charge in [-0.25, -0.2) is 0 Å². The normalized spacial score (nSPS) is 22.3. The van der Waals surface area contributed by atoms with Gasteiger partial charge < -0.3 is 24.2 Å². The third-order valence-electron chi connectivity index (χ3n) is 5.96. The van der Waals surface area contributed by atoms with Crippen LogP contribution < -0.4 is 4.74 Å². The summed E-state index contributed by atoms with van der Waals surface area (Å²) >= 11 is 1.63. The first-order valence-electron chi connectivity index (χ1n) is 10.2. The van der Waals surface area contributed by atoms with Gasteiger partial charge in [0.2, 0.25) is 0 Å². The quantitative estimate of drug-likeness (QED) is 0.529. The van der Waals surface area contributed by atoms with E-state index >= 15 is 0 Å². The average molecular weight is 456 g/mol. The summed E-state index contributed by atoms with van der Waals surface area (Å²) in [5.74, 6) is -1.69. The molecule has 1 N–H and O–H groups in total. The molecule has 3 heterocycles. The van der Waals surface area contributed by atoms with E-state index in [9.17, 15) is 14.7 Å². The molecule has 0 saturated carbocycles. The monoisotopic (exact) mass is 455 g/mol. The molecule has 2 aliphatic heterocycles. The molecule has 0 spiro atoms. The molecular formula is C24H25NO6S. The fourth-order valence-electron chi connectivity index (χ4n) is 4.48. The Hall–Kier alpha value is -3.10. The van der Waals surface area contributed by atoms with Gasteiger partial charge in [0.05, 0.1) is 19.3 Å². The first-order valence-corrected chi connectivity index (χ1v) is 11.1. The minimum Gasteiger partial charge on any atom is -0.504 e. The number of phenols is 1. The molecule has 2 aromatic rings. The molecule has 4 rings (SSSR count).